The number of aliphatic hydroxyl groups excluding tert-OH is 1. The SMILES string of the molecule is Cc1ccc(-c2ccc3c(n2)N(C(O)Nc2cncc(C)n2)[C@H]2CCN3C2)cn1. The van der Waals surface area contributed by atoms with Gasteiger partial charge in [0.05, 0.1) is 29.3 Å². The van der Waals surface area contributed by atoms with Gasteiger partial charge in [-0.1, -0.05) is 0 Å². The zero-order valence-corrected chi connectivity index (χ0v) is 16.4. The van der Waals surface area contributed by atoms with Gasteiger partial charge in [-0.2, -0.15) is 0 Å². The predicted octanol–water partition coefficient (Wildman–Crippen LogP) is 2.34. The molecule has 8 heteroatoms. The molecule has 148 valence electrons. The zero-order chi connectivity index (χ0) is 20.0. The summed E-state index contributed by atoms with van der Waals surface area (Å²) in [4.78, 5) is 22.2. The molecule has 2 atom stereocenters. The smallest absolute Gasteiger partial charge is 0.208 e. The molecule has 1 fully saturated rings. The van der Waals surface area contributed by atoms with Crippen LogP contribution in [-0.4, -0.2) is 50.5 Å². The minimum Gasteiger partial charge on any atom is -0.366 e. The Kier molecular flexibility index (Phi) is 4.28. The number of rotatable bonds is 4. The fourth-order valence-corrected chi connectivity index (χ4v) is 4.07. The van der Waals surface area contributed by atoms with Gasteiger partial charge < -0.3 is 20.2 Å². The second-order valence-electron chi connectivity index (χ2n) is 7.59. The third-order valence-corrected chi connectivity index (χ3v) is 5.50. The molecule has 0 aromatic carbocycles. The minimum absolute atomic E-state index is 0.182. The number of hydrogen-bond donors (Lipinski definition) is 2. The van der Waals surface area contributed by atoms with Crippen LogP contribution in [0, 0.1) is 13.8 Å². The lowest BCUT2D eigenvalue weighted by Gasteiger charge is -2.40. The maximum atomic E-state index is 11.1. The van der Waals surface area contributed by atoms with Crippen LogP contribution in [0.5, 0.6) is 0 Å². The number of fused-ring (bicyclic) bond motifs is 4. The van der Waals surface area contributed by atoms with E-state index in [-0.39, 0.29) is 6.04 Å². The molecule has 2 aliphatic rings. The molecule has 29 heavy (non-hydrogen) atoms. The standard InChI is InChI=1S/C21H23N7O/c1-13-3-4-15(10-23-13)17-5-6-18-20(25-17)28(16-7-8-27(18)12-16)21(29)26-19-11-22-9-14(2)24-19/h3-6,9-11,16,21,29H,7-8,12H2,1-2H3,(H,24,26)/t16-,21?/m0/s1. The van der Waals surface area contributed by atoms with Crippen LogP contribution in [0.15, 0.2) is 42.9 Å². The van der Waals surface area contributed by atoms with Gasteiger partial charge in [-0.25, -0.2) is 9.97 Å². The maximum absolute atomic E-state index is 11.1. The normalized spacial score (nSPS) is 18.5. The van der Waals surface area contributed by atoms with E-state index in [1.165, 1.54) is 0 Å². The van der Waals surface area contributed by atoms with E-state index in [0.29, 0.717) is 5.82 Å². The highest BCUT2D eigenvalue weighted by atomic mass is 16.3. The number of aryl methyl sites for hydroxylation is 2. The summed E-state index contributed by atoms with van der Waals surface area (Å²) in [6, 6.07) is 8.30. The fraction of sp³-hybridized carbons (Fsp3) is 0.333. The fourth-order valence-electron chi connectivity index (χ4n) is 4.07. The molecule has 5 rings (SSSR count). The van der Waals surface area contributed by atoms with Gasteiger partial charge in [-0.15, -0.1) is 0 Å². The first kappa shape index (κ1) is 17.8. The van der Waals surface area contributed by atoms with Crippen molar-refractivity contribution in [1.29, 1.82) is 0 Å². The molecule has 3 aromatic heterocycles. The van der Waals surface area contributed by atoms with Crippen LogP contribution in [0.2, 0.25) is 0 Å². The van der Waals surface area contributed by atoms with E-state index in [1.807, 2.05) is 43.1 Å². The average Bonchev–Trinajstić information content (AvgIpc) is 3.12. The quantitative estimate of drug-likeness (QED) is 0.657. The lowest BCUT2D eigenvalue weighted by molar-refractivity contribution is 0.184. The van der Waals surface area contributed by atoms with Crippen molar-refractivity contribution in [2.45, 2.75) is 32.7 Å². The first-order chi connectivity index (χ1) is 14.1. The number of pyridine rings is 2. The molecule has 1 unspecified atom stereocenters. The number of nitrogens with zero attached hydrogens (tertiary/aromatic N) is 6. The minimum atomic E-state index is -0.950. The Morgan fingerprint density at radius 2 is 1.97 bits per heavy atom. The van der Waals surface area contributed by atoms with Crippen molar-refractivity contribution in [1.82, 2.24) is 19.9 Å². The summed E-state index contributed by atoms with van der Waals surface area (Å²) in [7, 11) is 0. The van der Waals surface area contributed by atoms with E-state index in [9.17, 15) is 5.11 Å². The molecule has 2 bridgehead atoms. The Morgan fingerprint density at radius 3 is 2.76 bits per heavy atom. The lowest BCUT2D eigenvalue weighted by Crippen LogP contribution is -2.51. The molecule has 5 heterocycles. The molecule has 1 saturated heterocycles. The van der Waals surface area contributed by atoms with Crippen LogP contribution in [0.1, 0.15) is 17.8 Å². The number of nitrogens with one attached hydrogen (secondary N) is 1. The van der Waals surface area contributed by atoms with E-state index < -0.39 is 6.35 Å². The summed E-state index contributed by atoms with van der Waals surface area (Å²) in [6.07, 6.45) is 5.16. The highest BCUT2D eigenvalue weighted by Crippen LogP contribution is 2.40. The highest BCUT2D eigenvalue weighted by Gasteiger charge is 2.40. The van der Waals surface area contributed by atoms with Crippen LogP contribution in [0.3, 0.4) is 0 Å². The molecule has 0 saturated carbocycles. The Bertz CT molecular complexity index is 1040. The molecular weight excluding hydrogens is 366 g/mol. The summed E-state index contributed by atoms with van der Waals surface area (Å²) in [5.74, 6) is 1.32. The number of hydrogen-bond acceptors (Lipinski definition) is 8. The van der Waals surface area contributed by atoms with Crippen molar-refractivity contribution in [2.24, 2.45) is 0 Å². The Morgan fingerprint density at radius 1 is 1.07 bits per heavy atom. The highest BCUT2D eigenvalue weighted by molar-refractivity contribution is 5.76. The molecule has 0 radical (unpaired) electrons. The van der Waals surface area contributed by atoms with Crippen molar-refractivity contribution in [3.05, 3.63) is 54.2 Å². The maximum Gasteiger partial charge on any atom is 0.208 e. The molecule has 8 nitrogen and oxygen atoms in total. The van der Waals surface area contributed by atoms with Gasteiger partial charge in [-0.05, 0) is 44.5 Å². The van der Waals surface area contributed by atoms with Gasteiger partial charge in [0.15, 0.2) is 5.82 Å². The summed E-state index contributed by atoms with van der Waals surface area (Å²) in [5, 5.41) is 14.1. The van der Waals surface area contributed by atoms with Gasteiger partial charge >= 0.3 is 0 Å². The molecule has 0 amide bonds. The van der Waals surface area contributed by atoms with Crippen molar-refractivity contribution in [2.75, 3.05) is 28.2 Å². The van der Waals surface area contributed by atoms with Crippen molar-refractivity contribution in [3.8, 4) is 11.3 Å². The number of aromatic nitrogens is 4. The first-order valence-corrected chi connectivity index (χ1v) is 9.79. The van der Waals surface area contributed by atoms with E-state index >= 15 is 0 Å². The molecule has 3 aromatic rings. The van der Waals surface area contributed by atoms with Crippen molar-refractivity contribution in [3.63, 3.8) is 0 Å². The van der Waals surface area contributed by atoms with Crippen LogP contribution in [0.25, 0.3) is 11.3 Å². The number of aliphatic hydroxyl groups is 1. The average molecular weight is 389 g/mol. The topological polar surface area (TPSA) is 90.3 Å². The summed E-state index contributed by atoms with van der Waals surface area (Å²) in [6.45, 7) is 5.67. The molecule has 2 aliphatic heterocycles. The van der Waals surface area contributed by atoms with Gasteiger partial charge in [0.25, 0.3) is 0 Å². The largest absolute Gasteiger partial charge is 0.366 e. The molecule has 2 N–H and O–H groups in total. The van der Waals surface area contributed by atoms with E-state index in [2.05, 4.69) is 31.2 Å². The molecule has 0 aliphatic carbocycles. The van der Waals surface area contributed by atoms with Crippen molar-refractivity contribution < 1.29 is 5.11 Å². The monoisotopic (exact) mass is 389 g/mol. The Labute approximate surface area is 169 Å². The Hall–Kier alpha value is -3.26. The van der Waals surface area contributed by atoms with Crippen LogP contribution in [-0.2, 0) is 0 Å². The van der Waals surface area contributed by atoms with Gasteiger partial charge in [0.2, 0.25) is 6.35 Å². The number of anilines is 3. The third kappa shape index (κ3) is 3.25. The molecular formula is C21H23N7O. The van der Waals surface area contributed by atoms with Crippen LogP contribution in [0.4, 0.5) is 17.3 Å². The van der Waals surface area contributed by atoms with E-state index in [4.69, 9.17) is 4.98 Å². The van der Waals surface area contributed by atoms with Crippen LogP contribution < -0.4 is 15.1 Å². The second kappa shape index (κ2) is 6.97. The third-order valence-electron chi connectivity index (χ3n) is 5.50. The van der Waals surface area contributed by atoms with Crippen molar-refractivity contribution >= 4 is 17.3 Å². The lowest BCUT2D eigenvalue weighted by atomic mass is 10.1. The van der Waals surface area contributed by atoms with Gasteiger partial charge in [0, 0.05) is 36.7 Å². The Balaban J connectivity index is 1.51. The van der Waals surface area contributed by atoms with Crippen LogP contribution >= 0.6 is 0 Å². The summed E-state index contributed by atoms with van der Waals surface area (Å²) < 4.78 is 0. The van der Waals surface area contributed by atoms with Gasteiger partial charge in [0.1, 0.15) is 5.82 Å². The predicted molar refractivity (Wildman–Crippen MR) is 112 cm³/mol. The van der Waals surface area contributed by atoms with Gasteiger partial charge in [-0.3, -0.25) is 9.97 Å². The zero-order valence-electron chi connectivity index (χ0n) is 16.4. The first-order valence-electron chi connectivity index (χ1n) is 9.79. The summed E-state index contributed by atoms with van der Waals surface area (Å²) in [5.41, 5.74) is 4.60. The van der Waals surface area contributed by atoms with E-state index in [1.54, 1.807) is 12.4 Å². The second-order valence-corrected chi connectivity index (χ2v) is 7.59. The van der Waals surface area contributed by atoms with E-state index in [0.717, 1.165) is 53.7 Å². The summed E-state index contributed by atoms with van der Waals surface area (Å²) >= 11 is 0. The molecule has 0 spiro atoms.